The number of carbonyl (C=O) groups excluding carboxylic acids is 1. The highest BCUT2D eigenvalue weighted by Crippen LogP contribution is 2.31. The van der Waals surface area contributed by atoms with E-state index in [1.807, 2.05) is 23.1 Å². The lowest BCUT2D eigenvalue weighted by atomic mass is 10.0. The number of aryl methyl sites for hydroxylation is 2. The lowest BCUT2D eigenvalue weighted by molar-refractivity contribution is -0.136. The molecule has 7 nitrogen and oxygen atoms in total. The molecule has 2 aromatic rings. The van der Waals surface area contributed by atoms with E-state index in [-0.39, 0.29) is 11.9 Å². The van der Waals surface area contributed by atoms with Crippen molar-refractivity contribution in [3.05, 3.63) is 35.5 Å². The summed E-state index contributed by atoms with van der Waals surface area (Å²) in [4.78, 5) is 28.0. The SMILES string of the molecule is CCn1c(CC[C@H]2C[C@H](C)CN2C(=O)[C@H]2CCCN2C(=O)O)cc2ccc(C#N)cc21. The Labute approximate surface area is 182 Å². The summed E-state index contributed by atoms with van der Waals surface area (Å²) >= 11 is 0. The van der Waals surface area contributed by atoms with Gasteiger partial charge in [-0.05, 0) is 68.5 Å². The molecule has 1 aromatic heterocycles. The first-order valence-corrected chi connectivity index (χ1v) is 11.2. The van der Waals surface area contributed by atoms with Crippen LogP contribution in [0.5, 0.6) is 0 Å². The maximum absolute atomic E-state index is 13.2. The molecule has 2 amide bonds. The fraction of sp³-hybridized carbons (Fsp3) is 0.542. The normalized spacial score (nSPS) is 23.5. The number of nitriles is 1. The molecule has 2 saturated heterocycles. The first-order chi connectivity index (χ1) is 14.9. The lowest BCUT2D eigenvalue weighted by Crippen LogP contribution is -2.49. The van der Waals surface area contributed by atoms with Crippen LogP contribution >= 0.6 is 0 Å². The summed E-state index contributed by atoms with van der Waals surface area (Å²) in [6.07, 6.45) is 3.03. The summed E-state index contributed by atoms with van der Waals surface area (Å²) in [5, 5.41) is 19.8. The molecular formula is C24H30N4O3. The van der Waals surface area contributed by atoms with Crippen LogP contribution in [0.1, 0.15) is 50.8 Å². The number of fused-ring (bicyclic) bond motifs is 1. The third-order valence-corrected chi connectivity index (χ3v) is 6.86. The van der Waals surface area contributed by atoms with Crippen LogP contribution in [0.4, 0.5) is 4.79 Å². The molecule has 4 rings (SSSR count). The van der Waals surface area contributed by atoms with E-state index < -0.39 is 12.1 Å². The Morgan fingerprint density at radius 2 is 2.06 bits per heavy atom. The van der Waals surface area contributed by atoms with E-state index in [9.17, 15) is 20.0 Å². The van der Waals surface area contributed by atoms with Crippen molar-refractivity contribution in [2.24, 2.45) is 5.92 Å². The number of hydrogen-bond donors (Lipinski definition) is 1. The maximum atomic E-state index is 13.2. The molecule has 0 bridgehead atoms. The lowest BCUT2D eigenvalue weighted by Gasteiger charge is -2.30. The average Bonchev–Trinajstić information content (AvgIpc) is 3.47. The van der Waals surface area contributed by atoms with E-state index in [2.05, 4.69) is 30.6 Å². The predicted octanol–water partition coefficient (Wildman–Crippen LogP) is 3.84. The molecule has 3 atom stereocenters. The molecule has 164 valence electrons. The number of rotatable bonds is 5. The van der Waals surface area contributed by atoms with E-state index in [1.54, 1.807) is 0 Å². The molecule has 0 radical (unpaired) electrons. The fourth-order valence-corrected chi connectivity index (χ4v) is 5.41. The van der Waals surface area contributed by atoms with Gasteiger partial charge in [0.15, 0.2) is 0 Å². The van der Waals surface area contributed by atoms with Crippen LogP contribution in [0.15, 0.2) is 24.3 Å². The summed E-state index contributed by atoms with van der Waals surface area (Å²) < 4.78 is 2.25. The van der Waals surface area contributed by atoms with Crippen molar-refractivity contribution in [3.8, 4) is 6.07 Å². The van der Waals surface area contributed by atoms with Crippen LogP contribution in [0.3, 0.4) is 0 Å². The van der Waals surface area contributed by atoms with E-state index in [0.29, 0.717) is 31.0 Å². The number of carbonyl (C=O) groups is 2. The molecule has 7 heteroatoms. The van der Waals surface area contributed by atoms with Crippen molar-refractivity contribution in [1.82, 2.24) is 14.4 Å². The summed E-state index contributed by atoms with van der Waals surface area (Å²) in [6.45, 7) is 6.25. The van der Waals surface area contributed by atoms with E-state index in [4.69, 9.17) is 0 Å². The van der Waals surface area contributed by atoms with Gasteiger partial charge in [-0.25, -0.2) is 4.79 Å². The number of amides is 2. The number of likely N-dealkylation sites (tertiary alicyclic amines) is 2. The number of hydrogen-bond acceptors (Lipinski definition) is 3. The zero-order valence-corrected chi connectivity index (χ0v) is 18.3. The van der Waals surface area contributed by atoms with Gasteiger partial charge in [0, 0.05) is 36.9 Å². The van der Waals surface area contributed by atoms with Crippen LogP contribution in [0.2, 0.25) is 0 Å². The van der Waals surface area contributed by atoms with Crippen molar-refractivity contribution in [3.63, 3.8) is 0 Å². The standard InChI is InChI=1S/C24H30N4O3/c1-3-26-20(13-18-7-6-17(14-25)12-22(18)26)9-8-19-11-16(2)15-28(19)23(29)21-5-4-10-27(21)24(30)31/h6-7,12-13,16,19,21H,3-5,8-11,15H2,1-2H3,(H,30,31)/t16-,19-,21+/m0/s1. The van der Waals surface area contributed by atoms with Gasteiger partial charge in [-0.2, -0.15) is 5.26 Å². The van der Waals surface area contributed by atoms with Crippen molar-refractivity contribution < 1.29 is 14.7 Å². The van der Waals surface area contributed by atoms with E-state index >= 15 is 0 Å². The second-order valence-electron chi connectivity index (χ2n) is 8.92. The highest BCUT2D eigenvalue weighted by atomic mass is 16.4. The van der Waals surface area contributed by atoms with Gasteiger partial charge in [-0.1, -0.05) is 13.0 Å². The Balaban J connectivity index is 1.51. The minimum atomic E-state index is -0.996. The average molecular weight is 423 g/mol. The van der Waals surface area contributed by atoms with Gasteiger partial charge < -0.3 is 14.6 Å². The monoisotopic (exact) mass is 422 g/mol. The molecule has 1 N–H and O–H groups in total. The third kappa shape index (κ3) is 3.99. The Morgan fingerprint density at radius 3 is 2.77 bits per heavy atom. The quantitative estimate of drug-likeness (QED) is 0.793. The molecule has 0 aliphatic carbocycles. The van der Waals surface area contributed by atoms with Gasteiger partial charge >= 0.3 is 6.09 Å². The first kappa shape index (κ1) is 21.2. The summed E-state index contributed by atoms with van der Waals surface area (Å²) in [7, 11) is 0. The number of aromatic nitrogens is 1. The fourth-order valence-electron chi connectivity index (χ4n) is 5.41. The molecule has 0 saturated carbocycles. The second kappa shape index (κ2) is 8.62. The van der Waals surface area contributed by atoms with Gasteiger partial charge in [0.2, 0.25) is 5.91 Å². The van der Waals surface area contributed by atoms with Crippen LogP contribution < -0.4 is 0 Å². The minimum absolute atomic E-state index is 0.0241. The van der Waals surface area contributed by atoms with Crippen LogP contribution in [0.25, 0.3) is 10.9 Å². The number of benzene rings is 1. The molecule has 2 fully saturated rings. The molecular weight excluding hydrogens is 392 g/mol. The predicted molar refractivity (Wildman–Crippen MR) is 118 cm³/mol. The van der Waals surface area contributed by atoms with Crippen molar-refractivity contribution in [1.29, 1.82) is 5.26 Å². The van der Waals surface area contributed by atoms with Gasteiger partial charge in [-0.15, -0.1) is 0 Å². The van der Waals surface area contributed by atoms with E-state index in [1.165, 1.54) is 10.6 Å². The number of carboxylic acid groups (broad SMARTS) is 1. The summed E-state index contributed by atoms with van der Waals surface area (Å²) in [5.41, 5.74) is 2.95. The number of nitrogens with zero attached hydrogens (tertiary/aromatic N) is 4. The molecule has 2 aliphatic heterocycles. The zero-order valence-electron chi connectivity index (χ0n) is 18.3. The highest BCUT2D eigenvalue weighted by Gasteiger charge is 2.41. The Bertz CT molecular complexity index is 1040. The zero-order chi connectivity index (χ0) is 22.1. The van der Waals surface area contributed by atoms with Crippen molar-refractivity contribution >= 4 is 22.9 Å². The van der Waals surface area contributed by atoms with E-state index in [0.717, 1.165) is 43.1 Å². The topological polar surface area (TPSA) is 89.6 Å². The Hall–Kier alpha value is -3.01. The Kier molecular flexibility index (Phi) is 5.90. The molecule has 3 heterocycles. The van der Waals surface area contributed by atoms with Crippen molar-refractivity contribution in [2.75, 3.05) is 13.1 Å². The van der Waals surface area contributed by atoms with Gasteiger partial charge in [-0.3, -0.25) is 9.69 Å². The molecule has 2 aliphatic rings. The van der Waals surface area contributed by atoms with Gasteiger partial charge in [0.05, 0.1) is 11.6 Å². The molecule has 31 heavy (non-hydrogen) atoms. The third-order valence-electron chi connectivity index (χ3n) is 6.86. The maximum Gasteiger partial charge on any atom is 0.407 e. The smallest absolute Gasteiger partial charge is 0.407 e. The van der Waals surface area contributed by atoms with Crippen LogP contribution in [-0.2, 0) is 17.8 Å². The minimum Gasteiger partial charge on any atom is -0.465 e. The largest absolute Gasteiger partial charge is 0.465 e. The molecule has 1 aromatic carbocycles. The van der Waals surface area contributed by atoms with Gasteiger partial charge in [0.25, 0.3) is 0 Å². The second-order valence-corrected chi connectivity index (χ2v) is 8.92. The molecule has 0 unspecified atom stereocenters. The summed E-state index contributed by atoms with van der Waals surface area (Å²) in [6, 6.07) is 9.79. The van der Waals surface area contributed by atoms with Gasteiger partial charge in [0.1, 0.15) is 6.04 Å². The highest BCUT2D eigenvalue weighted by molar-refractivity contribution is 5.86. The first-order valence-electron chi connectivity index (χ1n) is 11.2. The summed E-state index contributed by atoms with van der Waals surface area (Å²) in [5.74, 6) is 0.396. The van der Waals surface area contributed by atoms with Crippen LogP contribution in [-0.4, -0.2) is 56.6 Å². The van der Waals surface area contributed by atoms with Crippen LogP contribution in [0, 0.1) is 17.2 Å². The Morgan fingerprint density at radius 1 is 1.26 bits per heavy atom. The van der Waals surface area contributed by atoms with Crippen molar-refractivity contribution in [2.45, 2.75) is 64.6 Å². The molecule has 0 spiro atoms.